The summed E-state index contributed by atoms with van der Waals surface area (Å²) < 4.78 is 0. The largest absolute Gasteiger partial charge is 0.511 e. The first-order valence-corrected chi connectivity index (χ1v) is 5.47. The van der Waals surface area contributed by atoms with Gasteiger partial charge in [-0.2, -0.15) is 0 Å². The molecule has 0 atom stereocenters. The second-order valence-electron chi connectivity index (χ2n) is 2.95. The zero-order valence-corrected chi connectivity index (χ0v) is 8.93. The predicted octanol–water partition coefficient (Wildman–Crippen LogP) is 1.76. The van der Waals surface area contributed by atoms with Gasteiger partial charge in [-0.25, -0.2) is 0 Å². The SMILES string of the molecule is C=CCN=C(C)C1=C(O)CSCC1=O. The Morgan fingerprint density at radius 2 is 2.43 bits per heavy atom. The van der Waals surface area contributed by atoms with E-state index < -0.39 is 0 Å². The summed E-state index contributed by atoms with van der Waals surface area (Å²) in [7, 11) is 0. The van der Waals surface area contributed by atoms with Crippen molar-refractivity contribution in [2.24, 2.45) is 4.99 Å². The zero-order valence-electron chi connectivity index (χ0n) is 8.12. The highest BCUT2D eigenvalue weighted by Gasteiger charge is 2.22. The van der Waals surface area contributed by atoms with Crippen LogP contribution in [0.4, 0.5) is 0 Å². The molecule has 1 heterocycles. The molecule has 76 valence electrons. The number of nitrogens with zero attached hydrogens (tertiary/aromatic N) is 1. The van der Waals surface area contributed by atoms with Gasteiger partial charge in [0.1, 0.15) is 5.76 Å². The second-order valence-corrected chi connectivity index (χ2v) is 3.94. The molecule has 1 rings (SSSR count). The zero-order chi connectivity index (χ0) is 10.6. The van der Waals surface area contributed by atoms with E-state index in [0.717, 1.165) is 0 Å². The Labute approximate surface area is 87.6 Å². The van der Waals surface area contributed by atoms with Gasteiger partial charge in [0.15, 0.2) is 5.78 Å². The minimum atomic E-state index is -0.0379. The Hall–Kier alpha value is -1.03. The van der Waals surface area contributed by atoms with E-state index in [1.807, 2.05) is 0 Å². The van der Waals surface area contributed by atoms with Crippen LogP contribution in [0.3, 0.4) is 0 Å². The number of ketones is 1. The third-order valence-corrected chi connectivity index (χ3v) is 2.80. The molecule has 0 saturated carbocycles. The molecule has 0 spiro atoms. The number of aliphatic hydroxyl groups is 1. The molecule has 0 fully saturated rings. The van der Waals surface area contributed by atoms with Crippen molar-refractivity contribution in [2.45, 2.75) is 6.92 Å². The van der Waals surface area contributed by atoms with Crippen molar-refractivity contribution in [3.05, 3.63) is 24.0 Å². The van der Waals surface area contributed by atoms with Crippen LogP contribution in [0.25, 0.3) is 0 Å². The molecule has 3 nitrogen and oxygen atoms in total. The minimum absolute atomic E-state index is 0.0379. The molecule has 0 aliphatic carbocycles. The van der Waals surface area contributed by atoms with Crippen molar-refractivity contribution in [3.8, 4) is 0 Å². The summed E-state index contributed by atoms with van der Waals surface area (Å²) in [5.74, 6) is 1.04. The van der Waals surface area contributed by atoms with Crippen LogP contribution in [0.1, 0.15) is 6.92 Å². The van der Waals surface area contributed by atoms with Crippen LogP contribution in [-0.4, -0.2) is 34.7 Å². The summed E-state index contributed by atoms with van der Waals surface area (Å²) in [4.78, 5) is 15.6. The number of hydrogen-bond donors (Lipinski definition) is 1. The molecule has 0 aromatic heterocycles. The molecule has 0 unspecified atom stereocenters. The fraction of sp³-hybridized carbons (Fsp3) is 0.400. The van der Waals surface area contributed by atoms with Crippen molar-refractivity contribution in [1.29, 1.82) is 0 Å². The van der Waals surface area contributed by atoms with Crippen molar-refractivity contribution in [3.63, 3.8) is 0 Å². The van der Waals surface area contributed by atoms with Gasteiger partial charge in [0.25, 0.3) is 0 Å². The number of thioether (sulfide) groups is 1. The number of hydrogen-bond acceptors (Lipinski definition) is 4. The van der Waals surface area contributed by atoms with E-state index in [4.69, 9.17) is 0 Å². The molecule has 0 aromatic rings. The van der Waals surface area contributed by atoms with Gasteiger partial charge >= 0.3 is 0 Å². The fourth-order valence-corrected chi connectivity index (χ4v) is 2.01. The maximum Gasteiger partial charge on any atom is 0.177 e. The molecule has 14 heavy (non-hydrogen) atoms. The number of carbonyl (C=O) groups excluding carboxylic acids is 1. The highest BCUT2D eigenvalue weighted by atomic mass is 32.2. The van der Waals surface area contributed by atoms with Gasteiger partial charge in [-0.05, 0) is 6.92 Å². The number of allylic oxidation sites excluding steroid dienone is 1. The van der Waals surface area contributed by atoms with E-state index in [1.165, 1.54) is 11.8 Å². The van der Waals surface area contributed by atoms with E-state index in [2.05, 4.69) is 11.6 Å². The molecule has 0 saturated heterocycles. The maximum atomic E-state index is 11.5. The van der Waals surface area contributed by atoms with Crippen LogP contribution in [0.15, 0.2) is 29.0 Å². The second kappa shape index (κ2) is 5.00. The number of Topliss-reactive ketones (excluding diaryl/α,β-unsaturated/α-hetero) is 1. The Morgan fingerprint density at radius 3 is 3.00 bits per heavy atom. The first-order chi connectivity index (χ1) is 6.66. The third kappa shape index (κ3) is 2.48. The standard InChI is InChI=1S/C10H13NO2S/c1-3-4-11-7(2)10-8(12)5-14-6-9(10)13/h3,12H,1,4-6H2,2H3. The summed E-state index contributed by atoms with van der Waals surface area (Å²) >= 11 is 1.42. The molecule has 4 heteroatoms. The molecule has 0 bridgehead atoms. The lowest BCUT2D eigenvalue weighted by Gasteiger charge is -2.14. The topological polar surface area (TPSA) is 49.7 Å². The molecule has 0 radical (unpaired) electrons. The van der Waals surface area contributed by atoms with Crippen LogP contribution in [0.5, 0.6) is 0 Å². The van der Waals surface area contributed by atoms with E-state index in [1.54, 1.807) is 13.0 Å². The van der Waals surface area contributed by atoms with E-state index in [-0.39, 0.29) is 11.5 Å². The van der Waals surface area contributed by atoms with Crippen LogP contribution >= 0.6 is 11.8 Å². The Balaban J connectivity index is 2.93. The highest BCUT2D eigenvalue weighted by molar-refractivity contribution is 8.00. The first-order valence-electron chi connectivity index (χ1n) is 4.32. The normalized spacial score (nSPS) is 18.6. The molecule has 1 N–H and O–H groups in total. The molecule has 0 aromatic carbocycles. The molecular formula is C10H13NO2S. The first kappa shape index (κ1) is 11.0. The van der Waals surface area contributed by atoms with Crippen LogP contribution < -0.4 is 0 Å². The summed E-state index contributed by atoms with van der Waals surface area (Å²) in [5.41, 5.74) is 0.998. The van der Waals surface area contributed by atoms with Gasteiger partial charge in [0.2, 0.25) is 0 Å². The van der Waals surface area contributed by atoms with Gasteiger partial charge in [-0.1, -0.05) is 6.08 Å². The Bertz CT molecular complexity index is 318. The van der Waals surface area contributed by atoms with E-state index in [0.29, 0.717) is 29.3 Å². The quantitative estimate of drug-likeness (QED) is 0.571. The molecule has 0 amide bonds. The lowest BCUT2D eigenvalue weighted by Crippen LogP contribution is -2.20. The van der Waals surface area contributed by atoms with Crippen LogP contribution in [-0.2, 0) is 4.79 Å². The van der Waals surface area contributed by atoms with Gasteiger partial charge < -0.3 is 5.11 Å². The Morgan fingerprint density at radius 1 is 1.71 bits per heavy atom. The monoisotopic (exact) mass is 211 g/mol. The molecule has 1 aliphatic rings. The number of aliphatic hydroxyl groups excluding tert-OH is 1. The minimum Gasteiger partial charge on any atom is -0.511 e. The smallest absolute Gasteiger partial charge is 0.177 e. The summed E-state index contributed by atoms with van der Waals surface area (Å²) in [6.07, 6.45) is 1.66. The fourth-order valence-electron chi connectivity index (χ4n) is 1.24. The van der Waals surface area contributed by atoms with Crippen molar-refractivity contribution in [2.75, 3.05) is 18.1 Å². The maximum absolute atomic E-state index is 11.5. The van der Waals surface area contributed by atoms with E-state index in [9.17, 15) is 9.90 Å². The molecule has 1 aliphatic heterocycles. The summed E-state index contributed by atoms with van der Waals surface area (Å²) in [5, 5.41) is 9.54. The number of carbonyl (C=O) groups is 1. The third-order valence-electron chi connectivity index (χ3n) is 1.86. The van der Waals surface area contributed by atoms with Crippen molar-refractivity contribution in [1.82, 2.24) is 0 Å². The van der Waals surface area contributed by atoms with Crippen molar-refractivity contribution < 1.29 is 9.90 Å². The average Bonchev–Trinajstić information content (AvgIpc) is 2.14. The Kier molecular flexibility index (Phi) is 3.95. The highest BCUT2D eigenvalue weighted by Crippen LogP contribution is 2.20. The van der Waals surface area contributed by atoms with Gasteiger partial charge in [-0.3, -0.25) is 9.79 Å². The van der Waals surface area contributed by atoms with Crippen LogP contribution in [0.2, 0.25) is 0 Å². The van der Waals surface area contributed by atoms with Gasteiger partial charge in [0.05, 0.1) is 23.6 Å². The van der Waals surface area contributed by atoms with Gasteiger partial charge in [0, 0.05) is 5.71 Å². The lowest BCUT2D eigenvalue weighted by molar-refractivity contribution is -0.113. The summed E-state index contributed by atoms with van der Waals surface area (Å²) in [6.45, 7) is 5.76. The molecular weight excluding hydrogens is 198 g/mol. The number of rotatable bonds is 3. The lowest BCUT2D eigenvalue weighted by atomic mass is 10.1. The van der Waals surface area contributed by atoms with Crippen molar-refractivity contribution >= 4 is 23.3 Å². The van der Waals surface area contributed by atoms with Crippen LogP contribution in [0, 0.1) is 0 Å². The van der Waals surface area contributed by atoms with Gasteiger partial charge in [-0.15, -0.1) is 18.3 Å². The average molecular weight is 211 g/mol. The number of aliphatic imine (C=N–C) groups is 1. The predicted molar refractivity (Wildman–Crippen MR) is 60.2 cm³/mol. The summed E-state index contributed by atoms with van der Waals surface area (Å²) in [6, 6.07) is 0. The van der Waals surface area contributed by atoms with E-state index >= 15 is 0 Å².